The molecule has 0 aromatic heterocycles. The monoisotopic (exact) mass is 389 g/mol. The zero-order chi connectivity index (χ0) is 14.7. The molecule has 0 bridgehead atoms. The van der Waals surface area contributed by atoms with E-state index >= 15 is 0 Å². The van der Waals surface area contributed by atoms with Crippen molar-refractivity contribution < 1.29 is 19.8 Å². The number of amides is 1. The highest BCUT2D eigenvalue weighted by Gasteiger charge is 2.26. The van der Waals surface area contributed by atoms with Gasteiger partial charge in [-0.05, 0) is 59.5 Å². The second-order valence-electron chi connectivity index (χ2n) is 5.02. The van der Waals surface area contributed by atoms with Gasteiger partial charge in [-0.25, -0.2) is 0 Å². The number of halogens is 1. The molecule has 6 heteroatoms. The van der Waals surface area contributed by atoms with Crippen LogP contribution in [-0.2, 0) is 4.79 Å². The van der Waals surface area contributed by atoms with Crippen LogP contribution in [0.4, 0.5) is 0 Å². The molecule has 1 fully saturated rings. The lowest BCUT2D eigenvalue weighted by Crippen LogP contribution is -2.40. The SMILES string of the molecule is O=C(O)CC1CCCN(C(=O)c2ccc(I)c(O)c2)C1. The number of hydrogen-bond donors (Lipinski definition) is 2. The normalized spacial score (nSPS) is 18.9. The van der Waals surface area contributed by atoms with E-state index in [4.69, 9.17) is 5.11 Å². The fourth-order valence-electron chi connectivity index (χ4n) is 2.49. The van der Waals surface area contributed by atoms with Crippen LogP contribution < -0.4 is 0 Å². The number of benzene rings is 1. The summed E-state index contributed by atoms with van der Waals surface area (Å²) >= 11 is 2.00. The molecule has 2 rings (SSSR count). The Kier molecular flexibility index (Phi) is 4.85. The molecule has 2 N–H and O–H groups in total. The lowest BCUT2D eigenvalue weighted by Gasteiger charge is -2.32. The third-order valence-electron chi connectivity index (χ3n) is 3.46. The summed E-state index contributed by atoms with van der Waals surface area (Å²) in [6, 6.07) is 4.84. The molecular formula is C14H16INO4. The van der Waals surface area contributed by atoms with E-state index in [-0.39, 0.29) is 24.0 Å². The number of carbonyl (C=O) groups excluding carboxylic acids is 1. The molecule has 0 saturated carbocycles. The molecule has 0 spiro atoms. The van der Waals surface area contributed by atoms with Gasteiger partial charge in [0.25, 0.3) is 5.91 Å². The Hall–Kier alpha value is -1.31. The molecule has 1 aromatic rings. The summed E-state index contributed by atoms with van der Waals surface area (Å²) < 4.78 is 0.696. The number of phenols is 1. The van der Waals surface area contributed by atoms with E-state index in [0.29, 0.717) is 22.2 Å². The number of carboxylic acid groups (broad SMARTS) is 1. The molecular weight excluding hydrogens is 373 g/mol. The smallest absolute Gasteiger partial charge is 0.303 e. The Morgan fingerprint density at radius 1 is 1.40 bits per heavy atom. The fourth-order valence-corrected chi connectivity index (χ4v) is 2.83. The predicted molar refractivity (Wildman–Crippen MR) is 81.7 cm³/mol. The zero-order valence-corrected chi connectivity index (χ0v) is 13.0. The van der Waals surface area contributed by atoms with Gasteiger partial charge in [-0.3, -0.25) is 9.59 Å². The molecule has 1 aliphatic heterocycles. The summed E-state index contributed by atoms with van der Waals surface area (Å²) in [5.41, 5.74) is 0.443. The fraction of sp³-hybridized carbons (Fsp3) is 0.429. The number of carbonyl (C=O) groups is 2. The molecule has 1 heterocycles. The van der Waals surface area contributed by atoms with Crippen molar-refractivity contribution in [2.24, 2.45) is 5.92 Å². The minimum absolute atomic E-state index is 0.0163. The van der Waals surface area contributed by atoms with E-state index in [2.05, 4.69) is 0 Å². The van der Waals surface area contributed by atoms with E-state index in [9.17, 15) is 14.7 Å². The Labute approximate surface area is 130 Å². The molecule has 1 aliphatic rings. The van der Waals surface area contributed by atoms with Gasteiger partial charge in [0.15, 0.2) is 0 Å². The standard InChI is InChI=1S/C14H16INO4/c15-11-4-3-10(7-12(11)17)14(20)16-5-1-2-9(8-16)6-13(18)19/h3-4,7,9,17H,1-2,5-6,8H2,(H,18,19). The number of rotatable bonds is 3. The lowest BCUT2D eigenvalue weighted by molar-refractivity contribution is -0.138. The molecule has 1 saturated heterocycles. The van der Waals surface area contributed by atoms with Gasteiger partial charge in [-0.2, -0.15) is 0 Å². The summed E-state index contributed by atoms with van der Waals surface area (Å²) in [6.07, 6.45) is 1.76. The number of nitrogens with zero attached hydrogens (tertiary/aromatic N) is 1. The first kappa shape index (κ1) is 15.1. The minimum Gasteiger partial charge on any atom is -0.507 e. The van der Waals surface area contributed by atoms with Crippen LogP contribution in [0.2, 0.25) is 0 Å². The van der Waals surface area contributed by atoms with Gasteiger partial charge in [-0.15, -0.1) is 0 Å². The first-order valence-electron chi connectivity index (χ1n) is 6.47. The number of piperidine rings is 1. The quantitative estimate of drug-likeness (QED) is 0.778. The third kappa shape index (κ3) is 3.62. The number of likely N-dealkylation sites (tertiary alicyclic amines) is 1. The van der Waals surface area contributed by atoms with Crippen LogP contribution in [-0.4, -0.2) is 40.1 Å². The van der Waals surface area contributed by atoms with E-state index in [0.717, 1.165) is 12.8 Å². The first-order chi connectivity index (χ1) is 9.47. The number of carboxylic acids is 1. The number of hydrogen-bond acceptors (Lipinski definition) is 3. The zero-order valence-electron chi connectivity index (χ0n) is 10.9. The maximum Gasteiger partial charge on any atom is 0.303 e. The number of aromatic hydroxyl groups is 1. The van der Waals surface area contributed by atoms with E-state index in [1.165, 1.54) is 6.07 Å². The second-order valence-corrected chi connectivity index (χ2v) is 6.19. The van der Waals surface area contributed by atoms with E-state index < -0.39 is 5.97 Å². The summed E-state index contributed by atoms with van der Waals surface area (Å²) in [4.78, 5) is 24.8. The van der Waals surface area contributed by atoms with Crippen molar-refractivity contribution in [3.05, 3.63) is 27.3 Å². The van der Waals surface area contributed by atoms with Crippen LogP contribution in [0.3, 0.4) is 0 Å². The Balaban J connectivity index is 2.08. The van der Waals surface area contributed by atoms with Crippen LogP contribution in [0.15, 0.2) is 18.2 Å². The molecule has 1 amide bonds. The van der Waals surface area contributed by atoms with Gasteiger partial charge in [0.05, 0.1) is 3.57 Å². The van der Waals surface area contributed by atoms with Crippen LogP contribution >= 0.6 is 22.6 Å². The Morgan fingerprint density at radius 3 is 2.80 bits per heavy atom. The highest BCUT2D eigenvalue weighted by molar-refractivity contribution is 14.1. The van der Waals surface area contributed by atoms with Crippen LogP contribution in [0, 0.1) is 9.49 Å². The van der Waals surface area contributed by atoms with Crippen molar-refractivity contribution in [2.75, 3.05) is 13.1 Å². The number of aliphatic carboxylic acids is 1. The third-order valence-corrected chi connectivity index (χ3v) is 4.37. The van der Waals surface area contributed by atoms with Crippen molar-refractivity contribution in [1.29, 1.82) is 0 Å². The lowest BCUT2D eigenvalue weighted by atomic mass is 9.94. The van der Waals surface area contributed by atoms with Crippen LogP contribution in [0.25, 0.3) is 0 Å². The van der Waals surface area contributed by atoms with E-state index in [1.54, 1.807) is 17.0 Å². The van der Waals surface area contributed by atoms with Gasteiger partial charge in [0.2, 0.25) is 0 Å². The minimum atomic E-state index is -0.823. The van der Waals surface area contributed by atoms with Crippen molar-refractivity contribution >= 4 is 34.5 Å². The van der Waals surface area contributed by atoms with Crippen LogP contribution in [0.1, 0.15) is 29.6 Å². The van der Waals surface area contributed by atoms with Gasteiger partial charge in [-0.1, -0.05) is 0 Å². The predicted octanol–water partition coefficient (Wildman–Crippen LogP) is 2.32. The summed E-state index contributed by atoms with van der Waals surface area (Å²) in [5, 5.41) is 18.5. The van der Waals surface area contributed by atoms with Gasteiger partial charge in [0, 0.05) is 25.1 Å². The maximum atomic E-state index is 12.4. The van der Waals surface area contributed by atoms with Crippen molar-refractivity contribution in [3.8, 4) is 5.75 Å². The van der Waals surface area contributed by atoms with Crippen molar-refractivity contribution in [3.63, 3.8) is 0 Å². The molecule has 108 valence electrons. The van der Waals surface area contributed by atoms with E-state index in [1.807, 2.05) is 22.6 Å². The molecule has 1 atom stereocenters. The highest BCUT2D eigenvalue weighted by atomic mass is 127. The molecule has 20 heavy (non-hydrogen) atoms. The maximum absolute atomic E-state index is 12.4. The summed E-state index contributed by atoms with van der Waals surface area (Å²) in [5.74, 6) is -0.860. The van der Waals surface area contributed by atoms with Crippen LogP contribution in [0.5, 0.6) is 5.75 Å². The molecule has 0 radical (unpaired) electrons. The molecule has 1 unspecified atom stereocenters. The number of phenolic OH excluding ortho intramolecular Hbond substituents is 1. The van der Waals surface area contributed by atoms with Crippen molar-refractivity contribution in [2.45, 2.75) is 19.3 Å². The van der Waals surface area contributed by atoms with Gasteiger partial charge < -0.3 is 15.1 Å². The second kappa shape index (κ2) is 6.43. The molecule has 1 aromatic carbocycles. The highest BCUT2D eigenvalue weighted by Crippen LogP contribution is 2.24. The molecule has 5 nitrogen and oxygen atoms in total. The summed E-state index contributed by atoms with van der Waals surface area (Å²) in [6.45, 7) is 1.11. The topological polar surface area (TPSA) is 77.8 Å². The average Bonchev–Trinajstić information content (AvgIpc) is 2.40. The van der Waals surface area contributed by atoms with Crippen molar-refractivity contribution in [1.82, 2.24) is 4.90 Å². The van der Waals surface area contributed by atoms with Gasteiger partial charge in [0.1, 0.15) is 5.75 Å². The van der Waals surface area contributed by atoms with Gasteiger partial charge >= 0.3 is 5.97 Å². The average molecular weight is 389 g/mol. The largest absolute Gasteiger partial charge is 0.507 e. The first-order valence-corrected chi connectivity index (χ1v) is 7.55. The Bertz CT molecular complexity index is 532. The molecule has 0 aliphatic carbocycles. The Morgan fingerprint density at radius 2 is 2.15 bits per heavy atom. The summed E-state index contributed by atoms with van der Waals surface area (Å²) in [7, 11) is 0.